The molecule has 0 bridgehead atoms. The second-order valence-electron chi connectivity index (χ2n) is 13.2. The number of sulfone groups is 2. The van der Waals surface area contributed by atoms with E-state index in [4.69, 9.17) is 4.74 Å². The van der Waals surface area contributed by atoms with E-state index >= 15 is 0 Å². The molecule has 0 spiro atoms. The summed E-state index contributed by atoms with van der Waals surface area (Å²) < 4.78 is 50.8. The number of carbonyl (C=O) groups excluding carboxylic acids is 1. The van der Waals surface area contributed by atoms with Crippen LogP contribution in [0.25, 0.3) is 11.1 Å². The first kappa shape index (κ1) is 42.3. The van der Waals surface area contributed by atoms with E-state index in [1.807, 2.05) is 49.4 Å². The van der Waals surface area contributed by atoms with E-state index < -0.39 is 37.6 Å². The van der Waals surface area contributed by atoms with Gasteiger partial charge in [-0.05, 0) is 85.1 Å². The first-order valence-electron chi connectivity index (χ1n) is 17.3. The predicted octanol–water partition coefficient (Wildman–Crippen LogP) is 5.87. The Bertz CT molecular complexity index is 1930. The molecule has 3 aromatic rings. The number of ether oxygens (including phenoxy) is 1. The number of allylic oxidation sites excluding steroid dienone is 3. The van der Waals surface area contributed by atoms with E-state index in [1.165, 1.54) is 17.7 Å². The van der Waals surface area contributed by atoms with Gasteiger partial charge in [-0.3, -0.25) is 9.69 Å². The summed E-state index contributed by atoms with van der Waals surface area (Å²) >= 11 is 0. The van der Waals surface area contributed by atoms with Crippen LogP contribution in [0.4, 0.5) is 0 Å². The van der Waals surface area contributed by atoms with E-state index in [0.717, 1.165) is 42.3 Å². The molecule has 2 N–H and O–H groups in total. The number of hydrogen-bond donors (Lipinski definition) is 2. The highest BCUT2D eigenvalue weighted by Gasteiger charge is 2.32. The number of likely N-dealkylation sites (tertiary alicyclic amines) is 1. The van der Waals surface area contributed by atoms with Crippen LogP contribution in [0.2, 0.25) is 0 Å². The van der Waals surface area contributed by atoms with Gasteiger partial charge in [-0.15, -0.1) is 0 Å². The number of carboxylic acids is 1. The van der Waals surface area contributed by atoms with Crippen molar-refractivity contribution in [2.75, 3.05) is 38.0 Å². The number of aliphatic carboxylic acids is 1. The smallest absolute Gasteiger partial charge is 0.326 e. The maximum atomic E-state index is 13.4. The summed E-state index contributed by atoms with van der Waals surface area (Å²) in [7, 11) is -4.63. The monoisotopic (exact) mass is 752 g/mol. The van der Waals surface area contributed by atoms with Crippen molar-refractivity contribution in [3.05, 3.63) is 119 Å². The zero-order valence-corrected chi connectivity index (χ0v) is 32.4. The number of nitrogens with one attached hydrogen (secondary N) is 1. The standard InChI is InChI=1S/C33H40N2O6S.C7H12O2S/c1-23-9-7-8-12-28(23)30-19-25(13-14-29(30)32(36)34-31(33(37)38)15-16-42(3,39)40)20-35-21-26(18-27(35)22-41-2)17-24-10-5-4-6-11-24;1-4-6-7(3)10(8,9)5-2/h4-14,19,26-27,31H,15-18,20-22H2,1-3H3,(H,34,36)(H,37,38);4,6H,1,5H2,2-3H3/b;7-6+/t26?,27-,31?;/m0./s1. The Labute approximate surface area is 309 Å². The molecule has 1 saturated heterocycles. The van der Waals surface area contributed by atoms with Crippen LogP contribution in [-0.2, 0) is 42.2 Å². The van der Waals surface area contributed by atoms with Gasteiger partial charge in [0.15, 0.2) is 9.84 Å². The second kappa shape index (κ2) is 19.7. The number of methoxy groups -OCH3 is 1. The van der Waals surface area contributed by atoms with E-state index in [1.54, 1.807) is 27.0 Å². The van der Waals surface area contributed by atoms with Crippen LogP contribution >= 0.6 is 0 Å². The van der Waals surface area contributed by atoms with Gasteiger partial charge >= 0.3 is 5.97 Å². The Morgan fingerprint density at radius 2 is 1.69 bits per heavy atom. The Morgan fingerprint density at radius 3 is 2.29 bits per heavy atom. The molecule has 0 aliphatic carbocycles. The lowest BCUT2D eigenvalue weighted by Gasteiger charge is -2.24. The first-order valence-corrected chi connectivity index (χ1v) is 21.0. The summed E-state index contributed by atoms with van der Waals surface area (Å²) in [5.74, 6) is -1.50. The fraction of sp³-hybridized carbons (Fsp3) is 0.400. The Hall–Kier alpha value is -4.10. The van der Waals surface area contributed by atoms with Crippen LogP contribution in [0.15, 0.2) is 96.4 Å². The minimum Gasteiger partial charge on any atom is -0.480 e. The number of amides is 1. The Kier molecular flexibility index (Phi) is 16.0. The molecule has 10 nitrogen and oxygen atoms in total. The number of carboxylic acid groups (broad SMARTS) is 1. The average molecular weight is 753 g/mol. The van der Waals surface area contributed by atoms with Gasteiger partial charge in [-0.2, -0.15) is 0 Å². The van der Waals surface area contributed by atoms with Crippen molar-refractivity contribution in [2.45, 2.75) is 58.7 Å². The molecule has 1 aliphatic heterocycles. The second-order valence-corrected chi connectivity index (χ2v) is 17.9. The van der Waals surface area contributed by atoms with Crippen LogP contribution in [0.3, 0.4) is 0 Å². The minimum absolute atomic E-state index is 0.156. The van der Waals surface area contributed by atoms with Crippen LogP contribution in [0.5, 0.6) is 0 Å². The van der Waals surface area contributed by atoms with Crippen LogP contribution in [0.1, 0.15) is 53.7 Å². The Balaban J connectivity index is 0.000000636. The van der Waals surface area contributed by atoms with Gasteiger partial charge in [-0.1, -0.05) is 80.2 Å². The van der Waals surface area contributed by atoms with Gasteiger partial charge in [-0.25, -0.2) is 21.6 Å². The number of hydrogen-bond acceptors (Lipinski definition) is 8. The van der Waals surface area contributed by atoms with Crippen LogP contribution in [0, 0.1) is 12.8 Å². The van der Waals surface area contributed by atoms with Gasteiger partial charge in [0.1, 0.15) is 15.9 Å². The van der Waals surface area contributed by atoms with Crippen molar-refractivity contribution >= 4 is 31.6 Å². The number of nitrogens with zero attached hydrogens (tertiary/aromatic N) is 1. The fourth-order valence-electron chi connectivity index (χ4n) is 6.29. The molecule has 1 fully saturated rings. The molecule has 0 radical (unpaired) electrons. The van der Waals surface area contributed by atoms with Crippen molar-refractivity contribution < 1.29 is 36.3 Å². The zero-order valence-electron chi connectivity index (χ0n) is 30.7. The summed E-state index contributed by atoms with van der Waals surface area (Å²) in [4.78, 5) is 28.1. The summed E-state index contributed by atoms with van der Waals surface area (Å²) in [5, 5.41) is 12.2. The van der Waals surface area contributed by atoms with Gasteiger partial charge in [0, 0.05) is 43.0 Å². The molecule has 2 unspecified atom stereocenters. The van der Waals surface area contributed by atoms with Crippen molar-refractivity contribution in [2.24, 2.45) is 5.92 Å². The molecule has 52 heavy (non-hydrogen) atoms. The zero-order chi connectivity index (χ0) is 38.5. The number of benzene rings is 3. The van der Waals surface area contributed by atoms with Crippen LogP contribution < -0.4 is 5.32 Å². The van der Waals surface area contributed by atoms with E-state index in [-0.39, 0.29) is 24.0 Å². The highest BCUT2D eigenvalue weighted by Crippen LogP contribution is 2.32. The van der Waals surface area contributed by atoms with Crippen molar-refractivity contribution in [1.82, 2.24) is 10.2 Å². The summed E-state index contributed by atoms with van der Waals surface area (Å²) in [6, 6.07) is 22.9. The molecule has 1 amide bonds. The molecular formula is C40H52N2O8S2. The first-order chi connectivity index (χ1) is 24.6. The van der Waals surface area contributed by atoms with Gasteiger partial charge < -0.3 is 15.2 Å². The molecule has 1 aliphatic rings. The third-order valence-electron chi connectivity index (χ3n) is 9.09. The SMILES string of the molecule is C=C/C=C(\C)S(=O)(=O)CC.COC[C@@H]1CC(Cc2ccccc2)CN1Cc1ccc(C(=O)NC(CCS(C)(=O)=O)C(=O)O)c(-c2ccccc2C)c1. The summed E-state index contributed by atoms with van der Waals surface area (Å²) in [6.45, 7) is 10.8. The quantitative estimate of drug-likeness (QED) is 0.172. The van der Waals surface area contributed by atoms with E-state index in [2.05, 4.69) is 41.1 Å². The lowest BCUT2D eigenvalue weighted by atomic mass is 9.93. The highest BCUT2D eigenvalue weighted by molar-refractivity contribution is 7.95. The van der Waals surface area contributed by atoms with E-state index in [0.29, 0.717) is 35.1 Å². The van der Waals surface area contributed by atoms with Crippen molar-refractivity contribution in [1.29, 1.82) is 0 Å². The largest absolute Gasteiger partial charge is 0.480 e. The van der Waals surface area contributed by atoms with Gasteiger partial charge in [0.05, 0.1) is 18.1 Å². The summed E-state index contributed by atoms with van der Waals surface area (Å²) in [5.41, 5.74) is 5.28. The maximum absolute atomic E-state index is 13.4. The number of aryl methyl sites for hydroxylation is 1. The van der Waals surface area contributed by atoms with Crippen LogP contribution in [-0.4, -0.2) is 88.8 Å². The molecule has 4 rings (SSSR count). The molecule has 12 heteroatoms. The number of rotatable bonds is 16. The average Bonchev–Trinajstić information content (AvgIpc) is 3.46. The molecule has 1 heterocycles. The third kappa shape index (κ3) is 12.8. The Morgan fingerprint density at radius 1 is 1.02 bits per heavy atom. The fourth-order valence-corrected chi connectivity index (χ4v) is 7.71. The van der Waals surface area contributed by atoms with Gasteiger partial charge in [0.2, 0.25) is 0 Å². The van der Waals surface area contributed by atoms with Gasteiger partial charge in [0.25, 0.3) is 5.91 Å². The number of carbonyl (C=O) groups is 2. The molecule has 282 valence electrons. The lowest BCUT2D eigenvalue weighted by molar-refractivity contribution is -0.139. The topological polar surface area (TPSA) is 147 Å². The molecule has 3 atom stereocenters. The van der Waals surface area contributed by atoms with E-state index in [9.17, 15) is 31.5 Å². The maximum Gasteiger partial charge on any atom is 0.326 e. The highest BCUT2D eigenvalue weighted by atomic mass is 32.2. The predicted molar refractivity (Wildman–Crippen MR) is 208 cm³/mol. The van der Waals surface area contributed by atoms with Crippen molar-refractivity contribution in [3.8, 4) is 11.1 Å². The molecule has 0 aromatic heterocycles. The lowest BCUT2D eigenvalue weighted by Crippen LogP contribution is -2.42. The molecule has 0 saturated carbocycles. The third-order valence-corrected chi connectivity index (χ3v) is 11.9. The van der Waals surface area contributed by atoms with Crippen molar-refractivity contribution in [3.63, 3.8) is 0 Å². The minimum atomic E-state index is -3.39. The molecule has 3 aromatic carbocycles. The summed E-state index contributed by atoms with van der Waals surface area (Å²) in [6.07, 6.45) is 5.86. The molecular weight excluding hydrogens is 701 g/mol. The normalized spacial score (nSPS) is 17.1.